The van der Waals surface area contributed by atoms with Crippen LogP contribution < -0.4 is 0 Å². The van der Waals surface area contributed by atoms with Crippen LogP contribution in [0.4, 0.5) is 0 Å². The lowest BCUT2D eigenvalue weighted by atomic mass is 9.82. The normalized spacial score (nSPS) is 15.8. The fraction of sp³-hybridized carbons (Fsp3) is 0.200. The number of methoxy groups -OCH3 is 2. The Bertz CT molecular complexity index is 773. The Balaban J connectivity index is 2.33. The molecule has 0 bridgehead atoms. The lowest BCUT2D eigenvalue weighted by molar-refractivity contribution is -0.139. The van der Waals surface area contributed by atoms with E-state index in [0.29, 0.717) is 16.9 Å². The van der Waals surface area contributed by atoms with Gasteiger partial charge in [0.15, 0.2) is 0 Å². The van der Waals surface area contributed by atoms with Crippen molar-refractivity contribution in [2.75, 3.05) is 20.0 Å². The summed E-state index contributed by atoms with van der Waals surface area (Å²) < 4.78 is 9.14. The summed E-state index contributed by atoms with van der Waals surface area (Å²) >= 11 is 1.52. The molecule has 2 aromatic carbocycles. The summed E-state index contributed by atoms with van der Waals surface area (Å²) in [4.78, 5) is 25.0. The van der Waals surface area contributed by atoms with Crippen LogP contribution in [0, 0.1) is 0 Å². The molecule has 0 fully saturated rings. The van der Waals surface area contributed by atoms with Crippen LogP contribution in [0.15, 0.2) is 71.8 Å². The molecular weight excluding hydrogens is 336 g/mol. The van der Waals surface area contributed by atoms with Gasteiger partial charge in [-0.1, -0.05) is 60.7 Å². The first-order valence-corrected chi connectivity index (χ1v) is 8.79. The predicted molar refractivity (Wildman–Crippen MR) is 97.2 cm³/mol. The smallest absolute Gasteiger partial charge is 0.336 e. The zero-order valence-electron chi connectivity index (χ0n) is 14.0. The topological polar surface area (TPSA) is 52.6 Å². The maximum Gasteiger partial charge on any atom is 0.336 e. The minimum atomic E-state index is -0.806. The quantitative estimate of drug-likeness (QED) is 0.789. The Kier molecular flexibility index (Phi) is 4.95. The van der Waals surface area contributed by atoms with E-state index in [2.05, 4.69) is 0 Å². The molecule has 128 valence electrons. The Morgan fingerprint density at radius 1 is 0.840 bits per heavy atom. The second-order valence-corrected chi connectivity index (χ2v) is 6.73. The molecule has 25 heavy (non-hydrogen) atoms. The Labute approximate surface area is 150 Å². The third-order valence-corrected chi connectivity index (χ3v) is 5.81. The third-order valence-electron chi connectivity index (χ3n) is 4.27. The van der Waals surface area contributed by atoms with Crippen molar-refractivity contribution < 1.29 is 19.1 Å². The van der Waals surface area contributed by atoms with Gasteiger partial charge in [-0.25, -0.2) is 9.59 Å². The summed E-state index contributed by atoms with van der Waals surface area (Å²) in [6.45, 7) is 0. The summed E-state index contributed by atoms with van der Waals surface area (Å²) in [5.41, 5.74) is 2.53. The number of carbonyl (C=O) groups excluding carboxylic acids is 2. The van der Waals surface area contributed by atoms with Gasteiger partial charge in [-0.15, -0.1) is 11.8 Å². The van der Waals surface area contributed by atoms with Gasteiger partial charge in [0.05, 0.1) is 30.1 Å². The van der Waals surface area contributed by atoms with Gasteiger partial charge in [-0.05, 0) is 11.1 Å². The van der Waals surface area contributed by atoms with Gasteiger partial charge in [0.25, 0.3) is 0 Å². The highest BCUT2D eigenvalue weighted by molar-refractivity contribution is 8.01. The second-order valence-electron chi connectivity index (χ2n) is 5.54. The minimum Gasteiger partial charge on any atom is -0.466 e. The van der Waals surface area contributed by atoms with E-state index < -0.39 is 16.7 Å². The lowest BCUT2D eigenvalue weighted by Gasteiger charge is -2.31. The molecule has 0 N–H and O–H groups in total. The molecular formula is C20H18O4S. The van der Waals surface area contributed by atoms with E-state index in [1.54, 1.807) is 0 Å². The number of carbonyl (C=O) groups is 2. The van der Waals surface area contributed by atoms with Crippen molar-refractivity contribution in [2.24, 2.45) is 0 Å². The molecule has 4 nitrogen and oxygen atoms in total. The average molecular weight is 354 g/mol. The fourth-order valence-electron chi connectivity index (χ4n) is 3.16. The first-order valence-electron chi connectivity index (χ1n) is 7.80. The minimum absolute atomic E-state index is 0.337. The highest BCUT2D eigenvalue weighted by atomic mass is 32.2. The molecule has 0 amide bonds. The molecule has 2 aromatic rings. The Morgan fingerprint density at radius 2 is 1.32 bits per heavy atom. The van der Waals surface area contributed by atoms with Crippen LogP contribution in [0.2, 0.25) is 0 Å². The maximum absolute atomic E-state index is 12.7. The van der Waals surface area contributed by atoms with Crippen molar-refractivity contribution in [1.29, 1.82) is 0 Å². The van der Waals surface area contributed by atoms with Gasteiger partial charge in [-0.2, -0.15) is 0 Å². The summed E-state index contributed by atoms with van der Waals surface area (Å²) in [7, 11) is 2.65. The molecule has 0 aromatic heterocycles. The van der Waals surface area contributed by atoms with E-state index >= 15 is 0 Å². The van der Waals surface area contributed by atoms with Crippen LogP contribution in [0.25, 0.3) is 0 Å². The van der Waals surface area contributed by atoms with Crippen LogP contribution in [-0.4, -0.2) is 31.9 Å². The van der Waals surface area contributed by atoms with Gasteiger partial charge in [0.1, 0.15) is 0 Å². The predicted octanol–water partition coefficient (Wildman–Crippen LogP) is 3.32. The van der Waals surface area contributed by atoms with Crippen molar-refractivity contribution in [2.45, 2.75) is 4.75 Å². The monoisotopic (exact) mass is 354 g/mol. The average Bonchev–Trinajstić information content (AvgIpc) is 3.09. The fourth-order valence-corrected chi connectivity index (χ4v) is 4.74. The first-order chi connectivity index (χ1) is 12.1. The van der Waals surface area contributed by atoms with Gasteiger partial charge < -0.3 is 9.47 Å². The molecule has 3 rings (SSSR count). The zero-order chi connectivity index (χ0) is 17.9. The molecule has 0 saturated heterocycles. The molecule has 0 saturated carbocycles. The van der Waals surface area contributed by atoms with Crippen molar-refractivity contribution in [3.63, 3.8) is 0 Å². The summed E-state index contributed by atoms with van der Waals surface area (Å²) in [6.07, 6.45) is 0. The SMILES string of the molecule is COC(=O)C1=C(C(=O)OC)C(c2ccccc2)(c2ccccc2)SC1. The van der Waals surface area contributed by atoms with Gasteiger partial charge in [-0.3, -0.25) is 0 Å². The van der Waals surface area contributed by atoms with E-state index in [9.17, 15) is 9.59 Å². The summed E-state index contributed by atoms with van der Waals surface area (Å²) in [6, 6.07) is 19.4. The molecule has 0 spiro atoms. The zero-order valence-corrected chi connectivity index (χ0v) is 14.8. The maximum atomic E-state index is 12.7. The molecule has 0 unspecified atom stereocenters. The molecule has 0 atom stereocenters. The summed E-state index contributed by atoms with van der Waals surface area (Å²) in [5.74, 6) is -0.638. The highest BCUT2D eigenvalue weighted by Crippen LogP contribution is 2.55. The van der Waals surface area contributed by atoms with Crippen molar-refractivity contribution in [3.8, 4) is 0 Å². The van der Waals surface area contributed by atoms with E-state index in [-0.39, 0.29) is 0 Å². The van der Waals surface area contributed by atoms with Gasteiger partial charge >= 0.3 is 11.9 Å². The van der Waals surface area contributed by atoms with Crippen molar-refractivity contribution >= 4 is 23.7 Å². The van der Waals surface area contributed by atoms with Crippen LogP contribution >= 0.6 is 11.8 Å². The Morgan fingerprint density at radius 3 is 1.76 bits per heavy atom. The van der Waals surface area contributed by atoms with E-state index in [1.165, 1.54) is 26.0 Å². The van der Waals surface area contributed by atoms with E-state index in [4.69, 9.17) is 9.47 Å². The largest absolute Gasteiger partial charge is 0.466 e. The van der Waals surface area contributed by atoms with Crippen LogP contribution in [0.3, 0.4) is 0 Å². The van der Waals surface area contributed by atoms with Gasteiger partial charge in [0.2, 0.25) is 0 Å². The molecule has 0 radical (unpaired) electrons. The number of benzene rings is 2. The van der Waals surface area contributed by atoms with Crippen LogP contribution in [-0.2, 0) is 23.8 Å². The third kappa shape index (κ3) is 2.85. The number of hydrogen-bond acceptors (Lipinski definition) is 5. The van der Waals surface area contributed by atoms with Crippen molar-refractivity contribution in [1.82, 2.24) is 0 Å². The molecule has 1 aliphatic rings. The number of rotatable bonds is 4. The first kappa shape index (κ1) is 17.3. The standard InChI is InChI=1S/C20H18O4S/c1-23-18(21)16-13-25-20(17(16)19(22)24-2,14-9-5-3-6-10-14)15-11-7-4-8-12-15/h3-12H,13H2,1-2H3. The lowest BCUT2D eigenvalue weighted by Crippen LogP contribution is -2.30. The number of hydrogen-bond donors (Lipinski definition) is 0. The number of esters is 2. The summed E-state index contributed by atoms with van der Waals surface area (Å²) in [5, 5.41) is 0. The van der Waals surface area contributed by atoms with Crippen molar-refractivity contribution in [3.05, 3.63) is 82.9 Å². The number of thioether (sulfide) groups is 1. The molecule has 1 heterocycles. The van der Waals surface area contributed by atoms with E-state index in [1.807, 2.05) is 60.7 Å². The van der Waals surface area contributed by atoms with E-state index in [0.717, 1.165) is 11.1 Å². The molecule has 5 heteroatoms. The Hall–Kier alpha value is -2.53. The van der Waals surface area contributed by atoms with Gasteiger partial charge in [0, 0.05) is 5.75 Å². The number of ether oxygens (including phenoxy) is 2. The molecule has 0 aliphatic carbocycles. The van der Waals surface area contributed by atoms with Crippen LogP contribution in [0.1, 0.15) is 11.1 Å². The second kappa shape index (κ2) is 7.15. The highest BCUT2D eigenvalue weighted by Gasteiger charge is 2.50. The van der Waals surface area contributed by atoms with Crippen LogP contribution in [0.5, 0.6) is 0 Å². The molecule has 1 aliphatic heterocycles.